The molecule has 1 aromatic rings. The van der Waals surface area contributed by atoms with Crippen LogP contribution in [0.3, 0.4) is 0 Å². The molecule has 1 aliphatic rings. The summed E-state index contributed by atoms with van der Waals surface area (Å²) in [6.07, 6.45) is 4.05. The SMILES string of the molecule is CC1CCC(C#N)(CCOc2ccc(Br)cc2)C1. The minimum absolute atomic E-state index is 0.144. The van der Waals surface area contributed by atoms with Crippen molar-refractivity contribution in [3.8, 4) is 11.8 Å². The molecule has 1 fully saturated rings. The summed E-state index contributed by atoms with van der Waals surface area (Å²) in [5.41, 5.74) is -0.144. The van der Waals surface area contributed by atoms with Crippen LogP contribution in [-0.4, -0.2) is 6.61 Å². The van der Waals surface area contributed by atoms with Crippen LogP contribution in [0, 0.1) is 22.7 Å². The van der Waals surface area contributed by atoms with Crippen molar-refractivity contribution in [1.29, 1.82) is 5.26 Å². The Kier molecular flexibility index (Phi) is 4.29. The highest BCUT2D eigenvalue weighted by Crippen LogP contribution is 2.43. The Hall–Kier alpha value is -1.01. The smallest absolute Gasteiger partial charge is 0.119 e. The van der Waals surface area contributed by atoms with Crippen molar-refractivity contribution in [1.82, 2.24) is 0 Å². The van der Waals surface area contributed by atoms with Gasteiger partial charge in [-0.3, -0.25) is 0 Å². The average molecular weight is 308 g/mol. The lowest BCUT2D eigenvalue weighted by Gasteiger charge is -2.20. The molecule has 2 rings (SSSR count). The Morgan fingerprint density at radius 1 is 1.44 bits per heavy atom. The number of hydrogen-bond acceptors (Lipinski definition) is 2. The second kappa shape index (κ2) is 5.75. The van der Waals surface area contributed by atoms with E-state index in [9.17, 15) is 5.26 Å². The van der Waals surface area contributed by atoms with E-state index in [1.165, 1.54) is 6.42 Å². The third-order valence-corrected chi connectivity index (χ3v) is 4.28. The number of nitriles is 1. The number of benzene rings is 1. The quantitative estimate of drug-likeness (QED) is 0.817. The van der Waals surface area contributed by atoms with Gasteiger partial charge in [-0.15, -0.1) is 0 Å². The summed E-state index contributed by atoms with van der Waals surface area (Å²) in [4.78, 5) is 0. The van der Waals surface area contributed by atoms with Crippen molar-refractivity contribution < 1.29 is 4.74 Å². The van der Waals surface area contributed by atoms with Crippen LogP contribution in [0.15, 0.2) is 28.7 Å². The molecule has 1 aliphatic carbocycles. The predicted molar refractivity (Wildman–Crippen MR) is 75.3 cm³/mol. The van der Waals surface area contributed by atoms with Crippen molar-refractivity contribution >= 4 is 15.9 Å². The van der Waals surface area contributed by atoms with Crippen LogP contribution in [0.5, 0.6) is 5.75 Å². The molecule has 0 bridgehead atoms. The molecule has 18 heavy (non-hydrogen) atoms. The van der Waals surface area contributed by atoms with Crippen molar-refractivity contribution in [2.45, 2.75) is 32.6 Å². The Morgan fingerprint density at radius 2 is 2.17 bits per heavy atom. The molecule has 0 heterocycles. The Morgan fingerprint density at radius 3 is 2.72 bits per heavy atom. The fraction of sp³-hybridized carbons (Fsp3) is 0.533. The largest absolute Gasteiger partial charge is 0.494 e. The number of nitrogens with zero attached hydrogens (tertiary/aromatic N) is 1. The average Bonchev–Trinajstić information content (AvgIpc) is 2.74. The monoisotopic (exact) mass is 307 g/mol. The third-order valence-electron chi connectivity index (χ3n) is 3.76. The lowest BCUT2D eigenvalue weighted by molar-refractivity contribution is 0.241. The van der Waals surface area contributed by atoms with Crippen LogP contribution in [-0.2, 0) is 0 Å². The van der Waals surface area contributed by atoms with Gasteiger partial charge in [-0.05, 0) is 49.4 Å². The topological polar surface area (TPSA) is 33.0 Å². The summed E-state index contributed by atoms with van der Waals surface area (Å²) < 4.78 is 6.76. The number of ether oxygens (including phenoxy) is 1. The van der Waals surface area contributed by atoms with Gasteiger partial charge >= 0.3 is 0 Å². The van der Waals surface area contributed by atoms with E-state index in [-0.39, 0.29) is 5.41 Å². The molecule has 2 nitrogen and oxygen atoms in total. The molecule has 0 spiro atoms. The van der Waals surface area contributed by atoms with Crippen molar-refractivity contribution in [3.05, 3.63) is 28.7 Å². The maximum absolute atomic E-state index is 9.36. The molecule has 0 N–H and O–H groups in total. The molecule has 96 valence electrons. The van der Waals surface area contributed by atoms with Crippen molar-refractivity contribution in [2.75, 3.05) is 6.61 Å². The predicted octanol–water partition coefficient (Wildman–Crippen LogP) is 4.55. The molecule has 3 heteroatoms. The first-order valence-corrected chi connectivity index (χ1v) is 7.22. The molecule has 0 saturated heterocycles. The minimum atomic E-state index is -0.144. The van der Waals surface area contributed by atoms with E-state index >= 15 is 0 Å². The molecule has 0 aliphatic heterocycles. The van der Waals surface area contributed by atoms with Crippen LogP contribution < -0.4 is 4.74 Å². The number of hydrogen-bond donors (Lipinski definition) is 0. The minimum Gasteiger partial charge on any atom is -0.494 e. The first-order valence-electron chi connectivity index (χ1n) is 6.43. The molecular formula is C15H18BrNO. The van der Waals surface area contributed by atoms with Gasteiger partial charge in [0.15, 0.2) is 0 Å². The lowest BCUT2D eigenvalue weighted by Crippen LogP contribution is -2.18. The molecule has 1 saturated carbocycles. The zero-order valence-electron chi connectivity index (χ0n) is 10.7. The summed E-state index contributed by atoms with van der Waals surface area (Å²) in [5.74, 6) is 1.55. The molecule has 0 amide bonds. The van der Waals surface area contributed by atoms with Gasteiger partial charge < -0.3 is 4.74 Å². The highest BCUT2D eigenvalue weighted by atomic mass is 79.9. The highest BCUT2D eigenvalue weighted by Gasteiger charge is 2.37. The van der Waals surface area contributed by atoms with Gasteiger partial charge in [0.2, 0.25) is 0 Å². The standard InChI is InChI=1S/C15H18BrNO/c1-12-6-7-15(10-12,11-17)8-9-18-14-4-2-13(16)3-5-14/h2-5,12H,6-10H2,1H3. The second-order valence-electron chi connectivity index (χ2n) is 5.29. The van der Waals surface area contributed by atoms with E-state index in [0.29, 0.717) is 12.5 Å². The zero-order valence-corrected chi connectivity index (χ0v) is 12.2. The van der Waals surface area contributed by atoms with Gasteiger partial charge in [0, 0.05) is 10.9 Å². The summed E-state index contributed by atoms with van der Waals surface area (Å²) in [6.45, 7) is 2.86. The number of halogens is 1. The number of rotatable bonds is 4. The van der Waals surface area contributed by atoms with E-state index < -0.39 is 0 Å². The Balaban J connectivity index is 1.85. The van der Waals surface area contributed by atoms with Gasteiger partial charge in [0.25, 0.3) is 0 Å². The summed E-state index contributed by atoms with van der Waals surface area (Å²) in [6, 6.07) is 10.3. The van der Waals surface area contributed by atoms with E-state index in [0.717, 1.165) is 29.5 Å². The first-order chi connectivity index (χ1) is 8.63. The Bertz CT molecular complexity index is 437. The van der Waals surface area contributed by atoms with E-state index in [1.807, 2.05) is 24.3 Å². The maximum atomic E-state index is 9.36. The third kappa shape index (κ3) is 3.26. The van der Waals surface area contributed by atoms with E-state index in [2.05, 4.69) is 28.9 Å². The molecule has 0 radical (unpaired) electrons. The summed E-state index contributed by atoms with van der Waals surface area (Å²) in [5, 5.41) is 9.36. The van der Waals surface area contributed by atoms with Crippen LogP contribution in [0.25, 0.3) is 0 Å². The molecule has 0 aromatic heterocycles. The van der Waals surface area contributed by atoms with Crippen LogP contribution in [0.4, 0.5) is 0 Å². The second-order valence-corrected chi connectivity index (χ2v) is 6.21. The van der Waals surface area contributed by atoms with Gasteiger partial charge in [0.1, 0.15) is 5.75 Å². The van der Waals surface area contributed by atoms with Crippen LogP contribution in [0.2, 0.25) is 0 Å². The van der Waals surface area contributed by atoms with Crippen LogP contribution in [0.1, 0.15) is 32.6 Å². The van der Waals surface area contributed by atoms with E-state index in [4.69, 9.17) is 4.74 Å². The van der Waals surface area contributed by atoms with E-state index in [1.54, 1.807) is 0 Å². The van der Waals surface area contributed by atoms with Gasteiger partial charge in [-0.1, -0.05) is 22.9 Å². The maximum Gasteiger partial charge on any atom is 0.119 e. The fourth-order valence-corrected chi connectivity index (χ4v) is 2.94. The van der Waals surface area contributed by atoms with Crippen molar-refractivity contribution in [2.24, 2.45) is 11.3 Å². The molecule has 2 atom stereocenters. The normalized spacial score (nSPS) is 26.8. The molecule has 1 aromatic carbocycles. The van der Waals surface area contributed by atoms with Gasteiger partial charge in [-0.25, -0.2) is 0 Å². The lowest BCUT2D eigenvalue weighted by atomic mass is 9.84. The van der Waals surface area contributed by atoms with Crippen molar-refractivity contribution in [3.63, 3.8) is 0 Å². The summed E-state index contributed by atoms with van der Waals surface area (Å²) >= 11 is 3.40. The summed E-state index contributed by atoms with van der Waals surface area (Å²) in [7, 11) is 0. The van der Waals surface area contributed by atoms with Gasteiger partial charge in [-0.2, -0.15) is 5.26 Å². The van der Waals surface area contributed by atoms with Crippen LogP contribution >= 0.6 is 15.9 Å². The van der Waals surface area contributed by atoms with Gasteiger partial charge in [0.05, 0.1) is 18.1 Å². The molecule has 2 unspecified atom stereocenters. The highest BCUT2D eigenvalue weighted by molar-refractivity contribution is 9.10. The zero-order chi connectivity index (χ0) is 13.0. The molecular weight excluding hydrogens is 290 g/mol. The fourth-order valence-electron chi connectivity index (χ4n) is 2.67. The Labute approximate surface area is 117 Å². The first kappa shape index (κ1) is 13.4.